The van der Waals surface area contributed by atoms with Crippen LogP contribution in [-0.2, 0) is 9.59 Å². The Bertz CT molecular complexity index is 961. The standard InChI is InChI=1S/C18H11ClN2O3/c1-10-14(17(22)21-18(23)15(10)9-20)8-13-5-6-16(24-13)11-3-2-4-12(19)7-11/h2-8H,1H3,(H,21,22,23). The highest BCUT2D eigenvalue weighted by atomic mass is 35.5. The molecule has 0 bridgehead atoms. The summed E-state index contributed by atoms with van der Waals surface area (Å²) in [5.41, 5.74) is 1.27. The maximum atomic E-state index is 12.0. The van der Waals surface area contributed by atoms with Crippen LogP contribution >= 0.6 is 11.6 Å². The minimum Gasteiger partial charge on any atom is -0.457 e. The zero-order chi connectivity index (χ0) is 17.3. The van der Waals surface area contributed by atoms with E-state index in [0.717, 1.165) is 5.56 Å². The van der Waals surface area contributed by atoms with Gasteiger partial charge in [0.15, 0.2) is 0 Å². The third kappa shape index (κ3) is 2.87. The van der Waals surface area contributed by atoms with E-state index >= 15 is 0 Å². The van der Waals surface area contributed by atoms with Gasteiger partial charge in [0.25, 0.3) is 11.8 Å². The second-order valence-corrected chi connectivity index (χ2v) is 5.60. The number of carbonyl (C=O) groups excluding carboxylic acids is 2. The quantitative estimate of drug-likeness (QED) is 0.671. The fourth-order valence-corrected chi connectivity index (χ4v) is 2.58. The molecule has 0 spiro atoms. The van der Waals surface area contributed by atoms with Gasteiger partial charge in [-0.2, -0.15) is 5.26 Å². The molecule has 118 valence electrons. The van der Waals surface area contributed by atoms with Crippen molar-refractivity contribution in [2.24, 2.45) is 0 Å². The highest BCUT2D eigenvalue weighted by molar-refractivity contribution is 6.30. The summed E-state index contributed by atoms with van der Waals surface area (Å²) in [5.74, 6) is -0.215. The molecule has 1 aromatic heterocycles. The third-order valence-corrected chi connectivity index (χ3v) is 3.85. The largest absolute Gasteiger partial charge is 0.457 e. The average Bonchev–Trinajstić information content (AvgIpc) is 3.00. The molecular formula is C18H11ClN2O3. The summed E-state index contributed by atoms with van der Waals surface area (Å²) in [5, 5.41) is 11.8. The average molecular weight is 339 g/mol. The van der Waals surface area contributed by atoms with E-state index < -0.39 is 11.8 Å². The third-order valence-electron chi connectivity index (χ3n) is 3.61. The second kappa shape index (κ2) is 6.19. The minimum absolute atomic E-state index is 0.0810. The molecule has 6 heteroatoms. The molecule has 5 nitrogen and oxygen atoms in total. The highest BCUT2D eigenvalue weighted by Crippen LogP contribution is 2.27. The van der Waals surface area contributed by atoms with Crippen molar-refractivity contribution >= 4 is 29.5 Å². The van der Waals surface area contributed by atoms with Gasteiger partial charge in [0.1, 0.15) is 23.2 Å². The molecule has 2 amide bonds. The lowest BCUT2D eigenvalue weighted by molar-refractivity contribution is -0.126. The molecule has 0 radical (unpaired) electrons. The van der Waals surface area contributed by atoms with Crippen LogP contribution in [0.25, 0.3) is 17.4 Å². The molecule has 24 heavy (non-hydrogen) atoms. The Labute approximate surface area is 142 Å². The van der Waals surface area contributed by atoms with E-state index in [4.69, 9.17) is 21.3 Å². The summed E-state index contributed by atoms with van der Waals surface area (Å²) in [4.78, 5) is 23.6. The second-order valence-electron chi connectivity index (χ2n) is 5.17. The van der Waals surface area contributed by atoms with Gasteiger partial charge >= 0.3 is 0 Å². The van der Waals surface area contributed by atoms with E-state index in [1.54, 1.807) is 37.3 Å². The molecule has 2 aromatic rings. The number of carbonyl (C=O) groups is 2. The van der Waals surface area contributed by atoms with E-state index in [2.05, 4.69) is 5.32 Å². The molecule has 0 unspecified atom stereocenters. The number of rotatable bonds is 2. The monoisotopic (exact) mass is 338 g/mol. The number of hydrogen-bond donors (Lipinski definition) is 1. The Balaban J connectivity index is 2.01. The van der Waals surface area contributed by atoms with Gasteiger partial charge in [-0.15, -0.1) is 0 Å². The van der Waals surface area contributed by atoms with E-state index in [1.165, 1.54) is 6.08 Å². The summed E-state index contributed by atoms with van der Waals surface area (Å²) in [6.07, 6.45) is 1.50. The number of nitriles is 1. The van der Waals surface area contributed by atoms with Crippen molar-refractivity contribution in [1.82, 2.24) is 5.32 Å². The normalized spacial score (nSPS) is 16.3. The summed E-state index contributed by atoms with van der Waals surface area (Å²) < 4.78 is 5.71. The Kier molecular flexibility index (Phi) is 4.07. The van der Waals surface area contributed by atoms with Crippen LogP contribution in [0.5, 0.6) is 0 Å². The first kappa shape index (κ1) is 15.8. The van der Waals surface area contributed by atoms with Crippen LogP contribution in [-0.4, -0.2) is 11.8 Å². The Hall–Kier alpha value is -3.10. The maximum absolute atomic E-state index is 12.0. The number of nitrogens with one attached hydrogen (secondary N) is 1. The van der Waals surface area contributed by atoms with Crippen molar-refractivity contribution in [3.05, 3.63) is 63.9 Å². The highest BCUT2D eigenvalue weighted by Gasteiger charge is 2.27. The topological polar surface area (TPSA) is 83.1 Å². The summed E-state index contributed by atoms with van der Waals surface area (Å²) in [6.45, 7) is 1.56. The number of furan rings is 1. The van der Waals surface area contributed by atoms with Crippen molar-refractivity contribution in [2.45, 2.75) is 6.92 Å². The maximum Gasteiger partial charge on any atom is 0.269 e. The number of hydrogen-bond acceptors (Lipinski definition) is 4. The van der Waals surface area contributed by atoms with Gasteiger partial charge in [-0.3, -0.25) is 14.9 Å². The lowest BCUT2D eigenvalue weighted by Crippen LogP contribution is -2.37. The van der Waals surface area contributed by atoms with E-state index in [-0.39, 0.29) is 11.1 Å². The number of nitrogens with zero attached hydrogens (tertiary/aromatic N) is 1. The zero-order valence-corrected chi connectivity index (χ0v) is 13.3. The van der Waals surface area contributed by atoms with Crippen molar-refractivity contribution in [1.29, 1.82) is 5.26 Å². The van der Waals surface area contributed by atoms with Gasteiger partial charge in [0.05, 0.1) is 0 Å². The number of halogens is 1. The minimum atomic E-state index is -0.684. The summed E-state index contributed by atoms with van der Waals surface area (Å²) in [7, 11) is 0. The first-order chi connectivity index (χ1) is 11.5. The van der Waals surface area contributed by atoms with E-state index in [0.29, 0.717) is 22.1 Å². The molecule has 0 saturated heterocycles. The summed E-state index contributed by atoms with van der Waals surface area (Å²) in [6, 6.07) is 12.5. The molecule has 2 heterocycles. The Morgan fingerprint density at radius 1 is 1.21 bits per heavy atom. The molecule has 0 aliphatic carbocycles. The Morgan fingerprint density at radius 3 is 2.71 bits per heavy atom. The number of amides is 2. The van der Waals surface area contributed by atoms with Gasteiger partial charge in [0.2, 0.25) is 0 Å². The van der Waals surface area contributed by atoms with Crippen molar-refractivity contribution < 1.29 is 14.0 Å². The van der Waals surface area contributed by atoms with E-state index in [1.807, 2.05) is 12.1 Å². The lowest BCUT2D eigenvalue weighted by atomic mass is 9.96. The van der Waals surface area contributed by atoms with Gasteiger partial charge < -0.3 is 4.42 Å². The predicted molar refractivity (Wildman–Crippen MR) is 88.6 cm³/mol. The van der Waals surface area contributed by atoms with Crippen LogP contribution in [0.3, 0.4) is 0 Å². The first-order valence-corrected chi connectivity index (χ1v) is 7.42. The molecule has 1 aromatic carbocycles. The molecule has 3 rings (SSSR count). The smallest absolute Gasteiger partial charge is 0.269 e. The molecule has 1 aliphatic heterocycles. The lowest BCUT2D eigenvalue weighted by Gasteiger charge is -2.15. The molecule has 0 fully saturated rings. The fourth-order valence-electron chi connectivity index (χ4n) is 2.39. The summed E-state index contributed by atoms with van der Waals surface area (Å²) >= 11 is 5.97. The first-order valence-electron chi connectivity index (χ1n) is 7.04. The molecule has 0 saturated carbocycles. The van der Waals surface area contributed by atoms with Gasteiger partial charge in [0, 0.05) is 16.2 Å². The zero-order valence-electron chi connectivity index (χ0n) is 12.6. The van der Waals surface area contributed by atoms with Crippen LogP contribution in [0.15, 0.2) is 57.5 Å². The van der Waals surface area contributed by atoms with Crippen LogP contribution < -0.4 is 5.32 Å². The number of benzene rings is 1. The van der Waals surface area contributed by atoms with Gasteiger partial charge in [-0.05, 0) is 42.8 Å². The molecule has 1 aliphatic rings. The van der Waals surface area contributed by atoms with Gasteiger partial charge in [-0.1, -0.05) is 23.7 Å². The molecular weight excluding hydrogens is 328 g/mol. The van der Waals surface area contributed by atoms with Crippen molar-refractivity contribution in [3.63, 3.8) is 0 Å². The van der Waals surface area contributed by atoms with Crippen LogP contribution in [0.4, 0.5) is 0 Å². The van der Waals surface area contributed by atoms with Crippen LogP contribution in [0, 0.1) is 11.3 Å². The van der Waals surface area contributed by atoms with Crippen LogP contribution in [0.2, 0.25) is 5.02 Å². The number of imide groups is 1. The Morgan fingerprint density at radius 2 is 2.00 bits per heavy atom. The van der Waals surface area contributed by atoms with Crippen molar-refractivity contribution in [3.8, 4) is 17.4 Å². The van der Waals surface area contributed by atoms with Crippen molar-refractivity contribution in [2.75, 3.05) is 0 Å². The van der Waals surface area contributed by atoms with Crippen LogP contribution in [0.1, 0.15) is 12.7 Å². The van der Waals surface area contributed by atoms with Gasteiger partial charge in [-0.25, -0.2) is 0 Å². The van der Waals surface area contributed by atoms with E-state index in [9.17, 15) is 9.59 Å². The fraction of sp³-hybridized carbons (Fsp3) is 0.0556. The molecule has 0 atom stereocenters. The molecule has 1 N–H and O–H groups in total. The predicted octanol–water partition coefficient (Wildman–Crippen LogP) is 3.48. The SMILES string of the molecule is CC1=C(C#N)C(=O)NC(=O)C1=Cc1ccc(-c2cccc(Cl)c2)o1.